The normalized spacial score (nSPS) is 20.7. The van der Waals surface area contributed by atoms with E-state index in [2.05, 4.69) is 12.2 Å². The van der Waals surface area contributed by atoms with Crippen molar-refractivity contribution in [3.8, 4) is 5.75 Å². The van der Waals surface area contributed by atoms with E-state index in [9.17, 15) is 0 Å². The molecule has 2 aromatic rings. The number of hydrogen-bond donors (Lipinski definition) is 1. The molecule has 0 bridgehead atoms. The number of hydrogen-bond acceptors (Lipinski definition) is 2. The van der Waals surface area contributed by atoms with Crippen LogP contribution in [0.15, 0.2) is 42.5 Å². The van der Waals surface area contributed by atoms with Gasteiger partial charge in [-0.1, -0.05) is 48.3 Å². The van der Waals surface area contributed by atoms with Crippen LogP contribution in [0.2, 0.25) is 10.0 Å². The molecule has 0 saturated heterocycles. The van der Waals surface area contributed by atoms with Crippen molar-refractivity contribution in [2.45, 2.75) is 25.5 Å². The van der Waals surface area contributed by atoms with Crippen LogP contribution >= 0.6 is 23.2 Å². The van der Waals surface area contributed by atoms with E-state index in [0.717, 1.165) is 39.9 Å². The lowest BCUT2D eigenvalue weighted by atomic mass is 9.93. The summed E-state index contributed by atoms with van der Waals surface area (Å²) in [5.74, 6) is 0.876. The zero-order valence-corrected chi connectivity index (χ0v) is 13.3. The molecule has 21 heavy (non-hydrogen) atoms. The predicted octanol–water partition coefficient (Wildman–Crippen LogP) is 5.17. The van der Waals surface area contributed by atoms with Crippen molar-refractivity contribution in [3.63, 3.8) is 0 Å². The van der Waals surface area contributed by atoms with Crippen LogP contribution in [0.1, 0.15) is 36.6 Å². The fourth-order valence-corrected chi connectivity index (χ4v) is 3.25. The van der Waals surface area contributed by atoms with Crippen LogP contribution in [-0.2, 0) is 0 Å². The minimum absolute atomic E-state index is 0.0450. The van der Waals surface area contributed by atoms with E-state index in [1.165, 1.54) is 0 Å². The lowest BCUT2D eigenvalue weighted by Gasteiger charge is -2.33. The summed E-state index contributed by atoms with van der Waals surface area (Å²) in [6.07, 6.45) is 0.793. The second-order valence-electron chi connectivity index (χ2n) is 5.16. The third-order valence-electron chi connectivity index (χ3n) is 3.77. The molecule has 2 aromatic carbocycles. The van der Waals surface area contributed by atoms with Gasteiger partial charge in [-0.15, -0.1) is 0 Å². The van der Waals surface area contributed by atoms with Crippen LogP contribution in [0.5, 0.6) is 5.75 Å². The molecule has 0 fully saturated rings. The second-order valence-corrected chi connectivity index (χ2v) is 6.00. The topological polar surface area (TPSA) is 21.3 Å². The molecule has 1 aliphatic rings. The number of benzene rings is 2. The van der Waals surface area contributed by atoms with E-state index in [4.69, 9.17) is 27.9 Å². The summed E-state index contributed by atoms with van der Waals surface area (Å²) in [7, 11) is 0. The Bertz CT molecular complexity index is 644. The Labute approximate surface area is 135 Å². The summed E-state index contributed by atoms with van der Waals surface area (Å²) >= 11 is 12.4. The highest BCUT2D eigenvalue weighted by atomic mass is 35.5. The molecule has 0 amide bonds. The first-order chi connectivity index (χ1) is 10.2. The zero-order valence-electron chi connectivity index (χ0n) is 11.8. The van der Waals surface area contributed by atoms with Crippen molar-refractivity contribution in [1.29, 1.82) is 0 Å². The minimum atomic E-state index is -0.0450. The standard InChI is InChI=1S/C17H17Cl2NO/c1-2-20-15-10-17(12-5-3-4-6-14(12)19)21-16-8-7-11(18)9-13(15)16/h3-9,15,17,20H,2,10H2,1H3. The molecule has 0 radical (unpaired) electrons. The summed E-state index contributed by atoms with van der Waals surface area (Å²) in [5.41, 5.74) is 2.15. The van der Waals surface area contributed by atoms with E-state index in [0.29, 0.717) is 0 Å². The Morgan fingerprint density at radius 2 is 1.95 bits per heavy atom. The molecule has 2 unspecified atom stereocenters. The zero-order chi connectivity index (χ0) is 14.8. The molecule has 1 N–H and O–H groups in total. The van der Waals surface area contributed by atoms with Crippen molar-refractivity contribution in [1.82, 2.24) is 5.32 Å². The highest BCUT2D eigenvalue weighted by Gasteiger charge is 2.30. The molecule has 2 atom stereocenters. The van der Waals surface area contributed by atoms with E-state index in [1.807, 2.05) is 42.5 Å². The summed E-state index contributed by atoms with van der Waals surface area (Å²) < 4.78 is 6.15. The first-order valence-electron chi connectivity index (χ1n) is 7.13. The monoisotopic (exact) mass is 321 g/mol. The van der Waals surface area contributed by atoms with Gasteiger partial charge in [0.1, 0.15) is 11.9 Å². The van der Waals surface area contributed by atoms with Crippen LogP contribution in [-0.4, -0.2) is 6.54 Å². The lowest BCUT2D eigenvalue weighted by molar-refractivity contribution is 0.152. The maximum atomic E-state index is 6.31. The number of fused-ring (bicyclic) bond motifs is 1. The van der Waals surface area contributed by atoms with Gasteiger partial charge in [0.2, 0.25) is 0 Å². The number of nitrogens with one attached hydrogen (secondary N) is 1. The van der Waals surface area contributed by atoms with Crippen molar-refractivity contribution in [3.05, 3.63) is 63.6 Å². The van der Waals surface area contributed by atoms with E-state index < -0.39 is 0 Å². The predicted molar refractivity (Wildman–Crippen MR) is 87.3 cm³/mol. The molecule has 3 rings (SSSR count). The lowest BCUT2D eigenvalue weighted by Crippen LogP contribution is -2.29. The highest BCUT2D eigenvalue weighted by molar-refractivity contribution is 6.31. The molecule has 0 aliphatic carbocycles. The molecule has 1 heterocycles. The Hall–Kier alpha value is -1.22. The molecule has 2 nitrogen and oxygen atoms in total. The van der Waals surface area contributed by atoms with E-state index >= 15 is 0 Å². The van der Waals surface area contributed by atoms with Gasteiger partial charge in [-0.05, 0) is 30.8 Å². The van der Waals surface area contributed by atoms with Gasteiger partial charge in [-0.25, -0.2) is 0 Å². The van der Waals surface area contributed by atoms with Crippen molar-refractivity contribution < 1.29 is 4.74 Å². The first-order valence-corrected chi connectivity index (χ1v) is 7.88. The quantitative estimate of drug-likeness (QED) is 0.842. The van der Waals surface area contributed by atoms with Crippen molar-refractivity contribution in [2.75, 3.05) is 6.54 Å². The molecule has 0 saturated carbocycles. The van der Waals surface area contributed by atoms with Gasteiger partial charge in [-0.2, -0.15) is 0 Å². The van der Waals surface area contributed by atoms with Crippen molar-refractivity contribution in [2.24, 2.45) is 0 Å². The van der Waals surface area contributed by atoms with Crippen LogP contribution in [0.25, 0.3) is 0 Å². The number of ether oxygens (including phenoxy) is 1. The average molecular weight is 322 g/mol. The smallest absolute Gasteiger partial charge is 0.127 e. The molecule has 0 aromatic heterocycles. The van der Waals surface area contributed by atoms with Gasteiger partial charge in [0.05, 0.1) is 0 Å². The average Bonchev–Trinajstić information content (AvgIpc) is 2.48. The largest absolute Gasteiger partial charge is 0.485 e. The van der Waals surface area contributed by atoms with Gasteiger partial charge in [0.25, 0.3) is 0 Å². The molecular weight excluding hydrogens is 305 g/mol. The summed E-state index contributed by atoms with van der Waals surface area (Å²) in [5, 5.41) is 4.98. The van der Waals surface area contributed by atoms with Crippen LogP contribution < -0.4 is 10.1 Å². The van der Waals surface area contributed by atoms with Crippen LogP contribution in [0.3, 0.4) is 0 Å². The highest BCUT2D eigenvalue weighted by Crippen LogP contribution is 2.43. The maximum Gasteiger partial charge on any atom is 0.127 e. The van der Waals surface area contributed by atoms with Crippen LogP contribution in [0, 0.1) is 0 Å². The number of halogens is 2. The van der Waals surface area contributed by atoms with Gasteiger partial charge in [0, 0.05) is 33.6 Å². The first kappa shape index (κ1) is 14.7. The summed E-state index contributed by atoms with van der Waals surface area (Å²) in [4.78, 5) is 0. The Kier molecular flexibility index (Phi) is 4.39. The van der Waals surface area contributed by atoms with Gasteiger partial charge in [-0.3, -0.25) is 0 Å². The molecule has 0 spiro atoms. The van der Waals surface area contributed by atoms with E-state index in [-0.39, 0.29) is 12.1 Å². The second kappa shape index (κ2) is 6.27. The Morgan fingerprint density at radius 1 is 1.14 bits per heavy atom. The molecule has 1 aliphatic heterocycles. The van der Waals surface area contributed by atoms with E-state index in [1.54, 1.807) is 0 Å². The van der Waals surface area contributed by atoms with Gasteiger partial charge in [0.15, 0.2) is 0 Å². The number of rotatable bonds is 3. The summed E-state index contributed by atoms with van der Waals surface area (Å²) in [6.45, 7) is 3.00. The van der Waals surface area contributed by atoms with Gasteiger partial charge < -0.3 is 10.1 Å². The molecular formula is C17H17Cl2NO. The SMILES string of the molecule is CCNC1CC(c2ccccc2Cl)Oc2ccc(Cl)cc21. The van der Waals surface area contributed by atoms with Crippen molar-refractivity contribution >= 4 is 23.2 Å². The minimum Gasteiger partial charge on any atom is -0.485 e. The fourth-order valence-electron chi connectivity index (χ4n) is 2.81. The third-order valence-corrected chi connectivity index (χ3v) is 4.35. The Morgan fingerprint density at radius 3 is 2.71 bits per heavy atom. The van der Waals surface area contributed by atoms with Gasteiger partial charge >= 0.3 is 0 Å². The summed E-state index contributed by atoms with van der Waals surface area (Å²) in [6, 6.07) is 13.8. The molecule has 4 heteroatoms. The van der Waals surface area contributed by atoms with Crippen LogP contribution in [0.4, 0.5) is 0 Å². The Balaban J connectivity index is 1.98. The maximum absolute atomic E-state index is 6.31. The molecule has 110 valence electrons. The fraction of sp³-hybridized carbons (Fsp3) is 0.294. The third kappa shape index (κ3) is 3.03.